The van der Waals surface area contributed by atoms with Gasteiger partial charge in [0.2, 0.25) is 0 Å². The van der Waals surface area contributed by atoms with Gasteiger partial charge in [0.1, 0.15) is 0 Å². The molecule has 122 valence electrons. The van der Waals surface area contributed by atoms with E-state index >= 15 is 0 Å². The van der Waals surface area contributed by atoms with E-state index in [0.29, 0.717) is 29.9 Å². The zero-order valence-corrected chi connectivity index (χ0v) is 13.7. The molecule has 2 N–H and O–H groups in total. The van der Waals surface area contributed by atoms with Gasteiger partial charge in [-0.3, -0.25) is 0 Å². The first kappa shape index (κ1) is 21.7. The van der Waals surface area contributed by atoms with Gasteiger partial charge in [0.25, 0.3) is 0 Å². The van der Waals surface area contributed by atoms with Gasteiger partial charge in [0.05, 0.1) is 0 Å². The van der Waals surface area contributed by atoms with E-state index < -0.39 is 11.9 Å². The molecule has 21 heavy (non-hydrogen) atoms. The predicted octanol–water partition coefficient (Wildman–Crippen LogP) is 4.66. The smallest absolute Gasteiger partial charge is 0.330 e. The highest BCUT2D eigenvalue weighted by Crippen LogP contribution is 2.09. The topological polar surface area (TPSA) is 74.6 Å². The van der Waals surface area contributed by atoms with E-state index in [1.165, 1.54) is 12.8 Å². The van der Waals surface area contributed by atoms with Crippen molar-refractivity contribution in [3.8, 4) is 0 Å². The molecule has 0 rings (SSSR count). The average Bonchev–Trinajstić information content (AvgIpc) is 2.41. The molecule has 0 aromatic heterocycles. The Morgan fingerprint density at radius 2 is 1.38 bits per heavy atom. The molecule has 0 aromatic carbocycles. The van der Waals surface area contributed by atoms with E-state index in [1.807, 2.05) is 0 Å². The number of carbonyl (C=O) groups is 2. The van der Waals surface area contributed by atoms with E-state index in [2.05, 4.69) is 33.9 Å². The minimum absolute atomic E-state index is 0.314. The molecule has 0 saturated carbocycles. The first-order chi connectivity index (χ1) is 9.72. The molecule has 0 aliphatic carbocycles. The van der Waals surface area contributed by atoms with Gasteiger partial charge < -0.3 is 10.2 Å². The summed E-state index contributed by atoms with van der Waals surface area (Å²) in [6, 6.07) is 0. The zero-order chi connectivity index (χ0) is 16.8. The van der Waals surface area contributed by atoms with Crippen LogP contribution in [0.2, 0.25) is 0 Å². The predicted molar refractivity (Wildman–Crippen MR) is 86.4 cm³/mol. The number of hydrogen-bond donors (Lipinski definition) is 2. The fourth-order valence-electron chi connectivity index (χ4n) is 1.44. The lowest BCUT2D eigenvalue weighted by atomic mass is 10.0. The van der Waals surface area contributed by atoms with Gasteiger partial charge in [-0.15, -0.1) is 0 Å². The lowest BCUT2D eigenvalue weighted by Crippen LogP contribution is -2.00. The molecule has 0 atom stereocenters. The van der Waals surface area contributed by atoms with Crippen molar-refractivity contribution in [1.82, 2.24) is 0 Å². The lowest BCUT2D eigenvalue weighted by molar-refractivity contribution is -0.133. The molecule has 0 amide bonds. The summed E-state index contributed by atoms with van der Waals surface area (Å²) in [6.07, 6.45) is 6.59. The van der Waals surface area contributed by atoms with Crippen LogP contribution in [0, 0.1) is 5.92 Å². The number of carboxylic acids is 2. The van der Waals surface area contributed by atoms with Crippen molar-refractivity contribution in [1.29, 1.82) is 0 Å². The van der Waals surface area contributed by atoms with Gasteiger partial charge in [-0.2, -0.15) is 0 Å². The van der Waals surface area contributed by atoms with Gasteiger partial charge >= 0.3 is 11.9 Å². The molecule has 0 spiro atoms. The molecule has 0 aliphatic heterocycles. The van der Waals surface area contributed by atoms with Crippen LogP contribution in [0.3, 0.4) is 0 Å². The van der Waals surface area contributed by atoms with E-state index in [9.17, 15) is 9.59 Å². The first-order valence-electron chi connectivity index (χ1n) is 7.54. The van der Waals surface area contributed by atoms with Crippen LogP contribution < -0.4 is 0 Å². The Bertz CT molecular complexity index is 343. The molecule has 0 unspecified atom stereocenters. The Morgan fingerprint density at radius 1 is 0.905 bits per heavy atom. The fraction of sp³-hybridized carbons (Fsp3) is 0.647. The van der Waals surface area contributed by atoms with Crippen molar-refractivity contribution in [3.05, 3.63) is 24.3 Å². The van der Waals surface area contributed by atoms with Crippen LogP contribution in [0.5, 0.6) is 0 Å². The molecule has 0 aliphatic rings. The molecule has 0 bridgehead atoms. The molecule has 0 aromatic rings. The third kappa shape index (κ3) is 16.4. The quantitative estimate of drug-likeness (QED) is 0.454. The molecule has 0 radical (unpaired) electrons. The number of aliphatic carboxylic acids is 2. The standard InChI is InChI=1S/C9H16O2.C8H14O2/c1-3-4-5-6-7-8(2)9(10)11;1-6(2)4-5-7(3)8(9)10/h2-7H2,1H3,(H,10,11);6H,3-5H2,1-2H3,(H,9,10). The Hall–Kier alpha value is -1.58. The van der Waals surface area contributed by atoms with Gasteiger partial charge in [-0.1, -0.05) is 53.2 Å². The maximum atomic E-state index is 10.3. The van der Waals surface area contributed by atoms with Crippen molar-refractivity contribution in [3.63, 3.8) is 0 Å². The number of rotatable bonds is 10. The second kappa shape index (κ2) is 13.4. The van der Waals surface area contributed by atoms with E-state index in [-0.39, 0.29) is 0 Å². The van der Waals surface area contributed by atoms with E-state index in [0.717, 1.165) is 19.3 Å². The first-order valence-corrected chi connectivity index (χ1v) is 7.54. The number of unbranched alkanes of at least 4 members (excludes halogenated alkanes) is 3. The maximum absolute atomic E-state index is 10.3. The minimum atomic E-state index is -0.874. The van der Waals surface area contributed by atoms with Crippen molar-refractivity contribution < 1.29 is 19.8 Å². The number of carboxylic acid groups (broad SMARTS) is 2. The molecule has 0 saturated heterocycles. The molecular formula is C17H30O4. The highest BCUT2D eigenvalue weighted by molar-refractivity contribution is 5.85. The summed E-state index contributed by atoms with van der Waals surface area (Å²) in [6.45, 7) is 13.1. The Morgan fingerprint density at radius 3 is 1.76 bits per heavy atom. The van der Waals surface area contributed by atoms with Crippen LogP contribution >= 0.6 is 0 Å². The second-order valence-electron chi connectivity index (χ2n) is 5.56. The molecule has 4 nitrogen and oxygen atoms in total. The molecule has 0 heterocycles. The largest absolute Gasteiger partial charge is 0.478 e. The second-order valence-corrected chi connectivity index (χ2v) is 5.56. The number of hydrogen-bond acceptors (Lipinski definition) is 2. The monoisotopic (exact) mass is 298 g/mol. The normalized spacial score (nSPS) is 9.71. The lowest BCUT2D eigenvalue weighted by Gasteiger charge is -2.02. The summed E-state index contributed by atoms with van der Waals surface area (Å²) < 4.78 is 0. The van der Waals surface area contributed by atoms with Crippen LogP contribution in [0.1, 0.15) is 65.7 Å². The highest BCUT2D eigenvalue weighted by atomic mass is 16.4. The average molecular weight is 298 g/mol. The molecule has 4 heteroatoms. The van der Waals surface area contributed by atoms with Crippen LogP contribution in [-0.4, -0.2) is 22.2 Å². The third-order valence-corrected chi connectivity index (χ3v) is 2.96. The Kier molecular flexibility index (Phi) is 13.9. The van der Waals surface area contributed by atoms with E-state index in [4.69, 9.17) is 10.2 Å². The van der Waals surface area contributed by atoms with Crippen LogP contribution in [-0.2, 0) is 9.59 Å². The van der Waals surface area contributed by atoms with Gasteiger partial charge in [-0.05, 0) is 31.6 Å². The molecular weight excluding hydrogens is 268 g/mol. The Labute approximate surface area is 128 Å². The Balaban J connectivity index is 0. The summed E-state index contributed by atoms with van der Waals surface area (Å²) in [4.78, 5) is 20.5. The summed E-state index contributed by atoms with van der Waals surface area (Å²) in [7, 11) is 0. The van der Waals surface area contributed by atoms with Crippen molar-refractivity contribution in [2.45, 2.75) is 65.7 Å². The maximum Gasteiger partial charge on any atom is 0.330 e. The SMILES string of the molecule is C=C(CCC(C)C)C(=O)O.C=C(CCCCCC)C(=O)O. The third-order valence-electron chi connectivity index (χ3n) is 2.96. The minimum Gasteiger partial charge on any atom is -0.478 e. The van der Waals surface area contributed by atoms with Crippen molar-refractivity contribution in [2.24, 2.45) is 5.92 Å². The van der Waals surface area contributed by atoms with Gasteiger partial charge in [0.15, 0.2) is 0 Å². The summed E-state index contributed by atoms with van der Waals surface area (Å²) in [5.74, 6) is -1.18. The summed E-state index contributed by atoms with van der Waals surface area (Å²) in [5.41, 5.74) is 0.648. The van der Waals surface area contributed by atoms with E-state index in [1.54, 1.807) is 0 Å². The van der Waals surface area contributed by atoms with Crippen LogP contribution in [0.25, 0.3) is 0 Å². The van der Waals surface area contributed by atoms with Gasteiger partial charge in [-0.25, -0.2) is 9.59 Å². The van der Waals surface area contributed by atoms with Crippen molar-refractivity contribution >= 4 is 11.9 Å². The van der Waals surface area contributed by atoms with Crippen LogP contribution in [0.15, 0.2) is 24.3 Å². The molecule has 0 fully saturated rings. The summed E-state index contributed by atoms with van der Waals surface area (Å²) >= 11 is 0. The summed E-state index contributed by atoms with van der Waals surface area (Å²) in [5, 5.41) is 16.8. The fourth-order valence-corrected chi connectivity index (χ4v) is 1.44. The van der Waals surface area contributed by atoms with Gasteiger partial charge in [0, 0.05) is 11.1 Å². The van der Waals surface area contributed by atoms with Crippen molar-refractivity contribution in [2.75, 3.05) is 0 Å². The zero-order valence-electron chi connectivity index (χ0n) is 13.7. The highest BCUT2D eigenvalue weighted by Gasteiger charge is 2.04. The van der Waals surface area contributed by atoms with Crippen LogP contribution in [0.4, 0.5) is 0 Å².